The summed E-state index contributed by atoms with van der Waals surface area (Å²) in [4.78, 5) is 24.1. The minimum atomic E-state index is -0.633. The molecule has 1 aromatic heterocycles. The van der Waals surface area contributed by atoms with Crippen molar-refractivity contribution in [3.8, 4) is 11.5 Å². The van der Waals surface area contributed by atoms with E-state index < -0.39 is 5.41 Å². The van der Waals surface area contributed by atoms with E-state index in [4.69, 9.17) is 19.4 Å². The summed E-state index contributed by atoms with van der Waals surface area (Å²) in [5.74, 6) is 1.57. The van der Waals surface area contributed by atoms with Gasteiger partial charge in [-0.2, -0.15) is 0 Å². The second-order valence-corrected chi connectivity index (χ2v) is 10.3. The Labute approximate surface area is 176 Å². The smallest absolute Gasteiger partial charge is 0.233 e. The van der Waals surface area contributed by atoms with E-state index in [1.54, 1.807) is 0 Å². The highest BCUT2D eigenvalue weighted by Crippen LogP contribution is 2.70. The number of nitrogens with one attached hydrogen (secondary N) is 1. The fourth-order valence-corrected chi connectivity index (χ4v) is 6.55. The van der Waals surface area contributed by atoms with E-state index in [0.717, 1.165) is 48.1 Å². The zero-order chi connectivity index (χ0) is 20.7. The molecular formula is C24H29N3O3. The van der Waals surface area contributed by atoms with E-state index in [9.17, 15) is 4.79 Å². The first-order valence-electron chi connectivity index (χ1n) is 11.3. The van der Waals surface area contributed by atoms with Crippen LogP contribution in [0.25, 0.3) is 11.0 Å². The number of carbonyl (C=O) groups is 1. The summed E-state index contributed by atoms with van der Waals surface area (Å²) in [6, 6.07) is 4.11. The van der Waals surface area contributed by atoms with Crippen LogP contribution in [0, 0.1) is 5.41 Å². The Morgan fingerprint density at radius 1 is 0.967 bits per heavy atom. The van der Waals surface area contributed by atoms with Gasteiger partial charge in [0.1, 0.15) is 0 Å². The van der Waals surface area contributed by atoms with E-state index in [0.29, 0.717) is 11.5 Å². The normalized spacial score (nSPS) is 31.2. The van der Waals surface area contributed by atoms with Gasteiger partial charge in [-0.1, -0.05) is 40.0 Å². The van der Waals surface area contributed by atoms with E-state index in [-0.39, 0.29) is 29.6 Å². The molecule has 30 heavy (non-hydrogen) atoms. The maximum absolute atomic E-state index is 13.9. The van der Waals surface area contributed by atoms with Gasteiger partial charge in [0.05, 0.1) is 27.8 Å². The molecule has 1 aliphatic heterocycles. The second-order valence-electron chi connectivity index (χ2n) is 10.3. The fraction of sp³-hybridized carbons (Fsp3) is 0.625. The SMILES string of the molecule is CC12CCC(C(=O)NC3CCCCC3)(c3nc4cc5c(cc4nc31)OCO5)C2(C)C. The van der Waals surface area contributed by atoms with Gasteiger partial charge in [-0.05, 0) is 31.1 Å². The highest BCUT2D eigenvalue weighted by atomic mass is 16.7. The molecule has 6 rings (SSSR count). The molecule has 0 spiro atoms. The molecule has 3 aliphatic carbocycles. The van der Waals surface area contributed by atoms with Gasteiger partial charge in [0.2, 0.25) is 12.7 Å². The lowest BCUT2D eigenvalue weighted by Gasteiger charge is -2.40. The van der Waals surface area contributed by atoms with E-state index in [1.165, 1.54) is 19.3 Å². The van der Waals surface area contributed by atoms with Crippen molar-refractivity contribution in [2.45, 2.75) is 82.6 Å². The third-order valence-corrected chi connectivity index (χ3v) is 8.86. The summed E-state index contributed by atoms with van der Waals surface area (Å²) >= 11 is 0. The van der Waals surface area contributed by atoms with Crippen LogP contribution in [0.5, 0.6) is 11.5 Å². The number of fused-ring (bicyclic) bond motifs is 7. The molecule has 1 N–H and O–H groups in total. The summed E-state index contributed by atoms with van der Waals surface area (Å²) in [5, 5.41) is 3.43. The molecule has 2 saturated carbocycles. The van der Waals surface area contributed by atoms with Gasteiger partial charge >= 0.3 is 0 Å². The van der Waals surface area contributed by atoms with Crippen molar-refractivity contribution in [1.82, 2.24) is 15.3 Å². The van der Waals surface area contributed by atoms with Gasteiger partial charge < -0.3 is 14.8 Å². The lowest BCUT2D eigenvalue weighted by Crippen LogP contribution is -2.53. The molecule has 0 radical (unpaired) electrons. The van der Waals surface area contributed by atoms with Crippen LogP contribution >= 0.6 is 0 Å². The van der Waals surface area contributed by atoms with Crippen LogP contribution < -0.4 is 14.8 Å². The lowest BCUT2D eigenvalue weighted by molar-refractivity contribution is -0.131. The molecule has 6 nitrogen and oxygen atoms in total. The minimum absolute atomic E-state index is 0.149. The highest BCUT2D eigenvalue weighted by Gasteiger charge is 2.73. The molecule has 158 valence electrons. The number of nitrogens with zero attached hydrogens (tertiary/aromatic N) is 2. The van der Waals surface area contributed by atoms with Gasteiger partial charge in [-0.15, -0.1) is 0 Å². The molecule has 2 atom stereocenters. The number of carbonyl (C=O) groups excluding carboxylic acids is 1. The van der Waals surface area contributed by atoms with Crippen LogP contribution in [-0.4, -0.2) is 28.7 Å². The number of hydrogen-bond donors (Lipinski definition) is 1. The van der Waals surface area contributed by atoms with Crippen molar-refractivity contribution in [1.29, 1.82) is 0 Å². The largest absolute Gasteiger partial charge is 0.454 e. The molecule has 1 aromatic carbocycles. The van der Waals surface area contributed by atoms with Crippen LogP contribution in [0.3, 0.4) is 0 Å². The van der Waals surface area contributed by atoms with Gasteiger partial charge in [-0.25, -0.2) is 9.97 Å². The standard InChI is InChI=1S/C24H29N3O3/c1-22(2)23(3)9-10-24(22,21(28)25-14-7-5-4-6-8-14)20-19(23)26-15-11-17-18(30-13-29-17)12-16(15)27-20/h11-12,14H,4-10,13H2,1-3H3,(H,25,28). The lowest BCUT2D eigenvalue weighted by atomic mass is 9.63. The van der Waals surface area contributed by atoms with Crippen LogP contribution in [0.1, 0.15) is 77.1 Å². The molecule has 6 heteroatoms. The second kappa shape index (κ2) is 5.86. The third-order valence-electron chi connectivity index (χ3n) is 8.86. The molecule has 2 unspecified atom stereocenters. The minimum Gasteiger partial charge on any atom is -0.454 e. The Morgan fingerprint density at radius 3 is 2.27 bits per heavy atom. The zero-order valence-electron chi connectivity index (χ0n) is 18.0. The van der Waals surface area contributed by atoms with Crippen molar-refractivity contribution in [2.24, 2.45) is 5.41 Å². The van der Waals surface area contributed by atoms with Crippen molar-refractivity contribution >= 4 is 16.9 Å². The van der Waals surface area contributed by atoms with Crippen LogP contribution in [0.15, 0.2) is 12.1 Å². The molecular weight excluding hydrogens is 378 g/mol. The van der Waals surface area contributed by atoms with Gasteiger partial charge in [0.15, 0.2) is 11.5 Å². The van der Waals surface area contributed by atoms with Crippen LogP contribution in [0.4, 0.5) is 0 Å². The van der Waals surface area contributed by atoms with E-state index in [1.807, 2.05) is 12.1 Å². The summed E-state index contributed by atoms with van der Waals surface area (Å²) in [5.41, 5.74) is 2.38. The van der Waals surface area contributed by atoms with Gasteiger partial charge in [0, 0.05) is 23.6 Å². The van der Waals surface area contributed by atoms with E-state index >= 15 is 0 Å². The monoisotopic (exact) mass is 407 g/mol. The van der Waals surface area contributed by atoms with Crippen LogP contribution in [0.2, 0.25) is 0 Å². The van der Waals surface area contributed by atoms with Crippen molar-refractivity contribution < 1.29 is 14.3 Å². The predicted octanol–water partition coefficient (Wildman–Crippen LogP) is 4.14. The summed E-state index contributed by atoms with van der Waals surface area (Å²) in [6.45, 7) is 6.97. The van der Waals surface area contributed by atoms with Crippen molar-refractivity contribution in [2.75, 3.05) is 6.79 Å². The van der Waals surface area contributed by atoms with E-state index in [2.05, 4.69) is 26.1 Å². The Bertz CT molecular complexity index is 1080. The summed E-state index contributed by atoms with van der Waals surface area (Å²) in [6.07, 6.45) is 7.62. The number of benzene rings is 1. The predicted molar refractivity (Wildman–Crippen MR) is 113 cm³/mol. The molecule has 2 fully saturated rings. The summed E-state index contributed by atoms with van der Waals surface area (Å²) in [7, 11) is 0. The Morgan fingerprint density at radius 2 is 1.60 bits per heavy atom. The van der Waals surface area contributed by atoms with Crippen molar-refractivity contribution in [3.05, 3.63) is 23.5 Å². The molecule has 1 amide bonds. The molecule has 2 heterocycles. The maximum atomic E-state index is 13.9. The Balaban J connectivity index is 1.51. The average Bonchev–Trinajstić information content (AvgIpc) is 3.30. The topological polar surface area (TPSA) is 73.3 Å². The number of rotatable bonds is 2. The maximum Gasteiger partial charge on any atom is 0.233 e. The molecule has 4 aliphatic rings. The van der Waals surface area contributed by atoms with Crippen LogP contribution in [-0.2, 0) is 15.6 Å². The highest BCUT2D eigenvalue weighted by molar-refractivity contribution is 5.93. The summed E-state index contributed by atoms with van der Waals surface area (Å²) < 4.78 is 11.1. The number of hydrogen-bond acceptors (Lipinski definition) is 5. The molecule has 2 aromatic rings. The van der Waals surface area contributed by atoms with Gasteiger partial charge in [-0.3, -0.25) is 4.79 Å². The molecule has 0 saturated heterocycles. The number of ether oxygens (including phenoxy) is 2. The molecule has 2 bridgehead atoms. The Hall–Kier alpha value is -2.37. The fourth-order valence-electron chi connectivity index (χ4n) is 6.55. The zero-order valence-corrected chi connectivity index (χ0v) is 18.0. The van der Waals surface area contributed by atoms with Crippen molar-refractivity contribution in [3.63, 3.8) is 0 Å². The third kappa shape index (κ3) is 2.07. The quantitative estimate of drug-likeness (QED) is 0.810. The first-order chi connectivity index (χ1) is 14.4. The number of amides is 1. The first kappa shape index (κ1) is 18.4. The number of aromatic nitrogens is 2. The first-order valence-corrected chi connectivity index (χ1v) is 11.3. The Kier molecular flexibility index (Phi) is 3.60. The van der Waals surface area contributed by atoms with Gasteiger partial charge in [0.25, 0.3) is 0 Å². The average molecular weight is 408 g/mol.